The van der Waals surface area contributed by atoms with Crippen molar-refractivity contribution in [2.45, 2.75) is 9.79 Å². The molecule has 10 heteroatoms. The molecule has 0 aliphatic rings. The van der Waals surface area contributed by atoms with Crippen LogP contribution < -0.4 is 9.86 Å². The molecule has 0 bridgehead atoms. The summed E-state index contributed by atoms with van der Waals surface area (Å²) in [5.74, 6) is 0. The summed E-state index contributed by atoms with van der Waals surface area (Å²) in [4.78, 5) is 3.65. The van der Waals surface area contributed by atoms with E-state index >= 15 is 0 Å². The molecule has 3 N–H and O–H groups in total. The van der Waals surface area contributed by atoms with Crippen LogP contribution in [0, 0.1) is 0 Å². The Morgan fingerprint density at radius 1 is 1.00 bits per heavy atom. The van der Waals surface area contributed by atoms with E-state index in [1.54, 1.807) is 0 Å². The van der Waals surface area contributed by atoms with Crippen molar-refractivity contribution in [3.8, 4) is 0 Å². The van der Waals surface area contributed by atoms with Crippen molar-refractivity contribution in [3.63, 3.8) is 0 Å². The first-order valence-corrected chi connectivity index (χ1v) is 9.27. The van der Waals surface area contributed by atoms with Gasteiger partial charge in [-0.25, -0.2) is 22.0 Å². The Labute approximate surface area is 130 Å². The average Bonchev–Trinajstić information content (AvgIpc) is 2.38. The molecule has 0 saturated carbocycles. The molecular formula is C11H10BrN3O4S2. The van der Waals surface area contributed by atoms with Crippen LogP contribution in [0.4, 0.5) is 5.69 Å². The number of nitrogens with two attached hydrogens (primary N) is 1. The number of rotatable bonds is 4. The molecule has 0 unspecified atom stereocenters. The molecule has 1 aromatic heterocycles. The second-order valence-electron chi connectivity index (χ2n) is 4.01. The summed E-state index contributed by atoms with van der Waals surface area (Å²) in [5.41, 5.74) is 0.211. The van der Waals surface area contributed by atoms with Crippen molar-refractivity contribution < 1.29 is 16.8 Å². The maximum Gasteiger partial charge on any atom is 0.263 e. The molecule has 2 rings (SSSR count). The van der Waals surface area contributed by atoms with Crippen LogP contribution in [0.25, 0.3) is 0 Å². The van der Waals surface area contributed by atoms with Gasteiger partial charge in [0.1, 0.15) is 4.90 Å². The third kappa shape index (κ3) is 4.00. The van der Waals surface area contributed by atoms with Crippen molar-refractivity contribution >= 4 is 41.7 Å². The summed E-state index contributed by atoms with van der Waals surface area (Å²) >= 11 is 3.14. The Bertz CT molecular complexity index is 865. The van der Waals surface area contributed by atoms with Gasteiger partial charge in [-0.3, -0.25) is 9.71 Å². The van der Waals surface area contributed by atoms with Gasteiger partial charge in [-0.05, 0) is 46.3 Å². The minimum Gasteiger partial charge on any atom is -0.280 e. The van der Waals surface area contributed by atoms with Crippen LogP contribution in [-0.4, -0.2) is 21.8 Å². The fraction of sp³-hybridized carbons (Fsp3) is 0. The summed E-state index contributed by atoms with van der Waals surface area (Å²) in [6, 6.07) is 6.44. The highest BCUT2D eigenvalue weighted by Crippen LogP contribution is 2.19. The third-order valence-corrected chi connectivity index (χ3v) is 5.14. The smallest absolute Gasteiger partial charge is 0.263 e. The number of hydrogen-bond acceptors (Lipinski definition) is 5. The Hall–Kier alpha value is -1.49. The van der Waals surface area contributed by atoms with E-state index in [9.17, 15) is 16.8 Å². The zero-order chi connectivity index (χ0) is 15.7. The van der Waals surface area contributed by atoms with Crippen LogP contribution in [0.1, 0.15) is 0 Å². The Kier molecular flexibility index (Phi) is 4.33. The molecule has 1 aromatic carbocycles. The number of pyridine rings is 1. The van der Waals surface area contributed by atoms with Crippen molar-refractivity contribution in [1.82, 2.24) is 4.98 Å². The molecule has 1 heterocycles. The monoisotopic (exact) mass is 391 g/mol. The maximum atomic E-state index is 12.1. The summed E-state index contributed by atoms with van der Waals surface area (Å²) in [6.45, 7) is 0. The van der Waals surface area contributed by atoms with Gasteiger partial charge in [0.15, 0.2) is 0 Å². The molecule has 0 saturated heterocycles. The van der Waals surface area contributed by atoms with Gasteiger partial charge in [-0.15, -0.1) is 0 Å². The number of nitrogens with zero attached hydrogens (tertiary/aromatic N) is 1. The highest BCUT2D eigenvalue weighted by Gasteiger charge is 2.15. The molecule has 0 spiro atoms. The van der Waals surface area contributed by atoms with Crippen LogP contribution in [-0.2, 0) is 20.0 Å². The molecule has 21 heavy (non-hydrogen) atoms. The fourth-order valence-corrected chi connectivity index (χ4v) is 3.54. The number of aromatic nitrogens is 1. The number of primary sulfonamides is 1. The lowest BCUT2D eigenvalue weighted by Crippen LogP contribution is -2.14. The molecule has 112 valence electrons. The maximum absolute atomic E-state index is 12.1. The summed E-state index contributed by atoms with van der Waals surface area (Å²) in [5, 5.41) is 4.96. The second-order valence-corrected chi connectivity index (χ2v) is 8.17. The van der Waals surface area contributed by atoms with Gasteiger partial charge in [0.2, 0.25) is 10.0 Å². The normalized spacial score (nSPS) is 12.1. The number of anilines is 1. The second kappa shape index (κ2) is 5.72. The minimum absolute atomic E-state index is 0.0209. The number of sulfonamides is 2. The lowest BCUT2D eigenvalue weighted by molar-refractivity contribution is 0.597. The molecule has 0 atom stereocenters. The number of halogens is 1. The fourth-order valence-electron chi connectivity index (χ4n) is 1.47. The predicted octanol–water partition coefficient (Wildman–Crippen LogP) is 1.29. The zero-order valence-corrected chi connectivity index (χ0v) is 13.6. The highest BCUT2D eigenvalue weighted by atomic mass is 79.9. The molecule has 0 amide bonds. The number of hydrogen-bond donors (Lipinski definition) is 2. The van der Waals surface area contributed by atoms with Crippen molar-refractivity contribution in [3.05, 3.63) is 47.2 Å². The summed E-state index contributed by atoms with van der Waals surface area (Å²) in [7, 11) is -7.62. The summed E-state index contributed by atoms with van der Waals surface area (Å²) in [6.07, 6.45) is 2.66. The van der Waals surface area contributed by atoms with Gasteiger partial charge in [0.25, 0.3) is 10.0 Å². The van der Waals surface area contributed by atoms with Gasteiger partial charge in [0.05, 0.1) is 4.90 Å². The number of benzene rings is 1. The van der Waals surface area contributed by atoms with E-state index in [0.29, 0.717) is 4.47 Å². The van der Waals surface area contributed by atoms with Gasteiger partial charge >= 0.3 is 0 Å². The zero-order valence-electron chi connectivity index (χ0n) is 10.4. The van der Waals surface area contributed by atoms with Gasteiger partial charge in [0, 0.05) is 22.6 Å². The lowest BCUT2D eigenvalue weighted by Gasteiger charge is -2.08. The first-order chi connectivity index (χ1) is 9.68. The predicted molar refractivity (Wildman–Crippen MR) is 80.6 cm³/mol. The lowest BCUT2D eigenvalue weighted by atomic mass is 10.3. The first kappa shape index (κ1) is 15.9. The quantitative estimate of drug-likeness (QED) is 0.813. The van der Waals surface area contributed by atoms with Gasteiger partial charge < -0.3 is 0 Å². The summed E-state index contributed by atoms with van der Waals surface area (Å²) < 4.78 is 49.3. The van der Waals surface area contributed by atoms with E-state index < -0.39 is 20.0 Å². The van der Waals surface area contributed by atoms with E-state index in [1.165, 1.54) is 42.7 Å². The van der Waals surface area contributed by atoms with Crippen LogP contribution >= 0.6 is 15.9 Å². The molecule has 7 nitrogen and oxygen atoms in total. The van der Waals surface area contributed by atoms with Crippen molar-refractivity contribution in [2.75, 3.05) is 4.72 Å². The molecule has 0 radical (unpaired) electrons. The molecule has 0 aliphatic carbocycles. The topological polar surface area (TPSA) is 119 Å². The molecule has 2 aromatic rings. The number of nitrogens with one attached hydrogen (secondary N) is 1. The SMILES string of the molecule is NS(=O)(=O)c1ccc(NS(=O)(=O)c2cncc(Br)c2)cc1. The van der Waals surface area contributed by atoms with E-state index in [2.05, 4.69) is 25.6 Å². The highest BCUT2D eigenvalue weighted by molar-refractivity contribution is 9.10. The molecule has 0 aliphatic heterocycles. The standard InChI is InChI=1S/C11H10BrN3O4S2/c12-8-5-11(7-14-6-8)21(18,19)15-9-1-3-10(4-2-9)20(13,16)17/h1-7,15H,(H2,13,16,17). The minimum atomic E-state index is -3.81. The third-order valence-electron chi connectivity index (χ3n) is 2.43. The molecule has 0 fully saturated rings. The van der Waals surface area contributed by atoms with Crippen LogP contribution in [0.15, 0.2) is 57.0 Å². The average molecular weight is 392 g/mol. The van der Waals surface area contributed by atoms with E-state index in [0.717, 1.165) is 0 Å². The molecular weight excluding hydrogens is 382 g/mol. The van der Waals surface area contributed by atoms with Crippen LogP contribution in [0.3, 0.4) is 0 Å². The van der Waals surface area contributed by atoms with Crippen molar-refractivity contribution in [2.24, 2.45) is 5.14 Å². The Morgan fingerprint density at radius 3 is 2.14 bits per heavy atom. The van der Waals surface area contributed by atoms with E-state index in [-0.39, 0.29) is 15.5 Å². The first-order valence-electron chi connectivity index (χ1n) is 5.45. The van der Waals surface area contributed by atoms with Gasteiger partial charge in [-0.1, -0.05) is 0 Å². The van der Waals surface area contributed by atoms with E-state index in [1.807, 2.05) is 0 Å². The van der Waals surface area contributed by atoms with Crippen molar-refractivity contribution in [1.29, 1.82) is 0 Å². The Morgan fingerprint density at radius 2 is 1.62 bits per heavy atom. The van der Waals surface area contributed by atoms with Crippen LogP contribution in [0.5, 0.6) is 0 Å². The van der Waals surface area contributed by atoms with Gasteiger partial charge in [-0.2, -0.15) is 0 Å². The van der Waals surface area contributed by atoms with Crippen LogP contribution in [0.2, 0.25) is 0 Å². The Balaban J connectivity index is 2.29. The largest absolute Gasteiger partial charge is 0.280 e. The van der Waals surface area contributed by atoms with E-state index in [4.69, 9.17) is 5.14 Å².